The number of aromatic nitrogens is 4. The maximum Gasteiger partial charge on any atom is 0.184 e. The molecule has 7 heteroatoms. The molecule has 4 rings (SSSR count). The van der Waals surface area contributed by atoms with Crippen LogP contribution in [0.25, 0.3) is 10.2 Å². The van der Waals surface area contributed by atoms with Crippen LogP contribution in [0, 0.1) is 0 Å². The second-order valence-corrected chi connectivity index (χ2v) is 6.01. The van der Waals surface area contributed by atoms with Gasteiger partial charge in [-0.1, -0.05) is 23.5 Å². The zero-order valence-corrected chi connectivity index (χ0v) is 12.2. The first-order chi connectivity index (χ1) is 10.4. The highest BCUT2D eigenvalue weighted by Crippen LogP contribution is 2.27. The number of nitrogens with zero attached hydrogens (tertiary/aromatic N) is 3. The van der Waals surface area contributed by atoms with Crippen LogP contribution in [0.15, 0.2) is 24.3 Å². The molecule has 21 heavy (non-hydrogen) atoms. The van der Waals surface area contributed by atoms with E-state index in [1.807, 2.05) is 18.2 Å². The molecular weight excluding hydrogens is 286 g/mol. The van der Waals surface area contributed by atoms with E-state index >= 15 is 0 Å². The van der Waals surface area contributed by atoms with Crippen LogP contribution >= 0.6 is 11.3 Å². The van der Waals surface area contributed by atoms with Crippen molar-refractivity contribution in [3.05, 3.63) is 35.9 Å². The average Bonchev–Trinajstić information content (AvgIpc) is 3.23. The van der Waals surface area contributed by atoms with E-state index in [1.165, 1.54) is 4.70 Å². The van der Waals surface area contributed by atoms with Crippen molar-refractivity contribution in [3.8, 4) is 0 Å². The summed E-state index contributed by atoms with van der Waals surface area (Å²) < 4.78 is 6.76. The zero-order chi connectivity index (χ0) is 14.1. The van der Waals surface area contributed by atoms with Crippen LogP contribution in [0.3, 0.4) is 0 Å². The van der Waals surface area contributed by atoms with Crippen molar-refractivity contribution in [1.29, 1.82) is 0 Å². The van der Waals surface area contributed by atoms with E-state index in [-0.39, 0.29) is 6.10 Å². The molecule has 0 bridgehead atoms. The molecule has 1 aliphatic rings. The van der Waals surface area contributed by atoms with Crippen molar-refractivity contribution in [2.75, 3.05) is 11.9 Å². The lowest BCUT2D eigenvalue weighted by Crippen LogP contribution is -2.02. The summed E-state index contributed by atoms with van der Waals surface area (Å²) in [5, 5.41) is 11.4. The van der Waals surface area contributed by atoms with Crippen LogP contribution in [-0.4, -0.2) is 26.8 Å². The fourth-order valence-electron chi connectivity index (χ4n) is 2.42. The summed E-state index contributed by atoms with van der Waals surface area (Å²) in [6, 6.07) is 8.11. The quantitative estimate of drug-likeness (QED) is 0.775. The van der Waals surface area contributed by atoms with E-state index in [0.717, 1.165) is 41.7 Å². The number of hydrogen-bond acceptors (Lipinski definition) is 6. The number of ether oxygens (including phenoxy) is 1. The molecule has 0 aliphatic carbocycles. The number of hydrogen-bond donors (Lipinski definition) is 2. The van der Waals surface area contributed by atoms with E-state index in [0.29, 0.717) is 6.54 Å². The molecule has 108 valence electrons. The molecule has 3 heterocycles. The standard InChI is InChI=1S/C14H15N5OS/c1-2-6-11-9(4-1)16-14(21-11)15-8-12-17-13(19-18-12)10-5-3-7-20-10/h1-2,4,6,10H,3,5,7-8H2,(H,15,16)(H,17,18,19). The van der Waals surface area contributed by atoms with Gasteiger partial charge in [-0.05, 0) is 25.0 Å². The van der Waals surface area contributed by atoms with Crippen molar-refractivity contribution < 1.29 is 4.74 Å². The van der Waals surface area contributed by atoms with E-state index in [1.54, 1.807) is 11.3 Å². The number of aromatic amines is 1. The first-order valence-electron chi connectivity index (χ1n) is 7.01. The van der Waals surface area contributed by atoms with E-state index in [4.69, 9.17) is 4.74 Å². The molecule has 1 saturated heterocycles. The van der Waals surface area contributed by atoms with Gasteiger partial charge in [0.25, 0.3) is 0 Å². The second-order valence-electron chi connectivity index (χ2n) is 4.98. The summed E-state index contributed by atoms with van der Waals surface area (Å²) in [5.74, 6) is 1.56. The van der Waals surface area contributed by atoms with Crippen LogP contribution in [0.4, 0.5) is 5.13 Å². The Balaban J connectivity index is 1.44. The molecule has 3 aromatic rings. The lowest BCUT2D eigenvalue weighted by atomic mass is 10.2. The Morgan fingerprint density at radius 3 is 3.14 bits per heavy atom. The Hall–Kier alpha value is -1.99. The summed E-state index contributed by atoms with van der Waals surface area (Å²) in [6.07, 6.45) is 2.14. The number of para-hydroxylation sites is 1. The van der Waals surface area contributed by atoms with Gasteiger partial charge >= 0.3 is 0 Å². The van der Waals surface area contributed by atoms with Gasteiger partial charge in [-0.3, -0.25) is 5.10 Å². The topological polar surface area (TPSA) is 75.7 Å². The third-order valence-electron chi connectivity index (χ3n) is 3.47. The van der Waals surface area contributed by atoms with Gasteiger partial charge in [0.15, 0.2) is 11.0 Å². The van der Waals surface area contributed by atoms with E-state index in [2.05, 4.69) is 31.5 Å². The Bertz CT molecular complexity index is 714. The molecular formula is C14H15N5OS. The van der Waals surface area contributed by atoms with Crippen LogP contribution in [0.5, 0.6) is 0 Å². The first-order valence-corrected chi connectivity index (χ1v) is 7.82. The van der Waals surface area contributed by atoms with Crippen molar-refractivity contribution >= 4 is 26.7 Å². The molecule has 6 nitrogen and oxygen atoms in total. The van der Waals surface area contributed by atoms with Crippen molar-refractivity contribution in [3.63, 3.8) is 0 Å². The van der Waals surface area contributed by atoms with Gasteiger partial charge in [-0.15, -0.1) is 0 Å². The maximum absolute atomic E-state index is 5.58. The van der Waals surface area contributed by atoms with Crippen LogP contribution < -0.4 is 5.32 Å². The number of fused-ring (bicyclic) bond motifs is 1. The third-order valence-corrected chi connectivity index (χ3v) is 4.46. The molecule has 0 saturated carbocycles. The third kappa shape index (κ3) is 2.62. The lowest BCUT2D eigenvalue weighted by molar-refractivity contribution is 0.105. The normalized spacial score (nSPS) is 18.4. The monoisotopic (exact) mass is 301 g/mol. The molecule has 0 radical (unpaired) electrons. The largest absolute Gasteiger partial charge is 0.370 e. The highest BCUT2D eigenvalue weighted by atomic mass is 32.1. The summed E-state index contributed by atoms with van der Waals surface area (Å²) in [5.41, 5.74) is 1.02. The number of benzene rings is 1. The van der Waals surface area contributed by atoms with Gasteiger partial charge in [0.2, 0.25) is 0 Å². The fraction of sp³-hybridized carbons (Fsp3) is 0.357. The maximum atomic E-state index is 5.58. The van der Waals surface area contributed by atoms with Crippen LogP contribution in [0.1, 0.15) is 30.6 Å². The molecule has 2 N–H and O–H groups in total. The van der Waals surface area contributed by atoms with E-state index in [9.17, 15) is 0 Å². The Kier molecular flexibility index (Phi) is 3.28. The predicted molar refractivity (Wildman–Crippen MR) is 81.3 cm³/mol. The van der Waals surface area contributed by atoms with E-state index < -0.39 is 0 Å². The Labute approximate surface area is 125 Å². The highest BCUT2D eigenvalue weighted by Gasteiger charge is 2.21. The summed E-state index contributed by atoms with van der Waals surface area (Å²) >= 11 is 1.64. The summed E-state index contributed by atoms with van der Waals surface area (Å²) in [4.78, 5) is 9.02. The molecule has 1 unspecified atom stereocenters. The van der Waals surface area contributed by atoms with Gasteiger partial charge in [-0.2, -0.15) is 5.10 Å². The van der Waals surface area contributed by atoms with Gasteiger partial charge in [0.1, 0.15) is 11.9 Å². The first kappa shape index (κ1) is 12.7. The minimum atomic E-state index is 0.0532. The minimum Gasteiger partial charge on any atom is -0.370 e. The minimum absolute atomic E-state index is 0.0532. The average molecular weight is 301 g/mol. The Morgan fingerprint density at radius 1 is 1.33 bits per heavy atom. The van der Waals surface area contributed by atoms with Crippen molar-refractivity contribution in [2.24, 2.45) is 0 Å². The number of nitrogens with one attached hydrogen (secondary N) is 2. The highest BCUT2D eigenvalue weighted by molar-refractivity contribution is 7.22. The van der Waals surface area contributed by atoms with Crippen LogP contribution in [-0.2, 0) is 11.3 Å². The van der Waals surface area contributed by atoms with Gasteiger partial charge < -0.3 is 10.1 Å². The summed E-state index contributed by atoms with van der Waals surface area (Å²) in [7, 11) is 0. The van der Waals surface area contributed by atoms with Gasteiger partial charge in [-0.25, -0.2) is 9.97 Å². The molecule has 1 aromatic carbocycles. The van der Waals surface area contributed by atoms with Crippen LogP contribution in [0.2, 0.25) is 0 Å². The molecule has 1 fully saturated rings. The fourth-order valence-corrected chi connectivity index (χ4v) is 3.28. The predicted octanol–water partition coefficient (Wildman–Crippen LogP) is 2.88. The molecule has 2 aromatic heterocycles. The number of rotatable bonds is 4. The Morgan fingerprint density at radius 2 is 2.29 bits per heavy atom. The van der Waals surface area contributed by atoms with Gasteiger partial charge in [0, 0.05) is 6.61 Å². The number of thiazole rings is 1. The zero-order valence-electron chi connectivity index (χ0n) is 11.4. The molecule has 0 amide bonds. The lowest BCUT2D eigenvalue weighted by Gasteiger charge is -2.02. The summed E-state index contributed by atoms with van der Waals surface area (Å²) in [6.45, 7) is 1.39. The van der Waals surface area contributed by atoms with Crippen molar-refractivity contribution in [1.82, 2.24) is 20.2 Å². The molecule has 1 aliphatic heterocycles. The second kappa shape index (κ2) is 5.42. The van der Waals surface area contributed by atoms with Gasteiger partial charge in [0.05, 0.1) is 16.8 Å². The molecule has 0 spiro atoms. The number of anilines is 1. The smallest absolute Gasteiger partial charge is 0.184 e. The molecule has 1 atom stereocenters. The SMILES string of the molecule is c1ccc2sc(NCc3nc(C4CCCO4)n[nH]3)nc2c1. The number of H-pyrrole nitrogens is 1. The van der Waals surface area contributed by atoms with Crippen molar-refractivity contribution in [2.45, 2.75) is 25.5 Å².